The van der Waals surface area contributed by atoms with E-state index in [9.17, 15) is 4.79 Å². The van der Waals surface area contributed by atoms with Gasteiger partial charge in [-0.15, -0.1) is 0 Å². The van der Waals surface area contributed by atoms with E-state index in [1.54, 1.807) is 6.08 Å². The van der Waals surface area contributed by atoms with E-state index in [1.165, 1.54) is 5.57 Å². The van der Waals surface area contributed by atoms with Gasteiger partial charge in [-0.2, -0.15) is 0 Å². The van der Waals surface area contributed by atoms with Gasteiger partial charge < -0.3 is 5.11 Å². The maximum atomic E-state index is 11.1. The van der Waals surface area contributed by atoms with Crippen LogP contribution in [-0.4, -0.2) is 25.2 Å². The van der Waals surface area contributed by atoms with E-state index in [0.717, 1.165) is 16.2 Å². The predicted molar refractivity (Wildman–Crippen MR) is 77.3 cm³/mol. The zero-order chi connectivity index (χ0) is 11.5. The monoisotopic (exact) mass is 448 g/mol. The number of allylic oxidation sites excluding steroid dienone is 3. The lowest BCUT2D eigenvalue weighted by Crippen LogP contribution is -2.37. The standard InChI is InChI=1S/C10H11Br2IO2/c11-4-3-7-1-2-8(9(14)15)10(12,5-7)6-13/h1-2,5,8H,3-4,6H2,(H,14,15). The van der Waals surface area contributed by atoms with Crippen molar-refractivity contribution >= 4 is 60.4 Å². The molecule has 0 aromatic rings. The minimum atomic E-state index is -0.783. The van der Waals surface area contributed by atoms with E-state index in [0.29, 0.717) is 0 Å². The van der Waals surface area contributed by atoms with E-state index in [1.807, 2.05) is 12.2 Å². The van der Waals surface area contributed by atoms with Crippen LogP contribution in [0.15, 0.2) is 23.8 Å². The zero-order valence-electron chi connectivity index (χ0n) is 7.92. The second-order valence-corrected chi connectivity index (χ2v) is 6.43. The summed E-state index contributed by atoms with van der Waals surface area (Å²) in [6.45, 7) is 0. The van der Waals surface area contributed by atoms with Gasteiger partial charge >= 0.3 is 5.97 Å². The number of alkyl halides is 3. The molecule has 1 aliphatic carbocycles. The summed E-state index contributed by atoms with van der Waals surface area (Å²) in [5.41, 5.74) is 1.18. The number of carboxylic acids is 1. The van der Waals surface area contributed by atoms with Crippen LogP contribution in [0.25, 0.3) is 0 Å². The van der Waals surface area contributed by atoms with Gasteiger partial charge in [-0.25, -0.2) is 0 Å². The van der Waals surface area contributed by atoms with Crippen molar-refractivity contribution in [2.24, 2.45) is 5.92 Å². The highest BCUT2D eigenvalue weighted by atomic mass is 127. The molecule has 2 atom stereocenters. The first-order valence-electron chi connectivity index (χ1n) is 4.47. The number of aliphatic carboxylic acids is 1. The average Bonchev–Trinajstić information content (AvgIpc) is 2.18. The Morgan fingerprint density at radius 1 is 1.67 bits per heavy atom. The quantitative estimate of drug-likeness (QED) is 0.526. The molecule has 0 aromatic heterocycles. The molecule has 84 valence electrons. The Bertz CT molecular complexity index is 315. The first-order chi connectivity index (χ1) is 7.03. The number of halogens is 3. The van der Waals surface area contributed by atoms with Crippen LogP contribution in [0, 0.1) is 5.92 Å². The molecule has 0 radical (unpaired) electrons. The van der Waals surface area contributed by atoms with Crippen molar-refractivity contribution in [1.82, 2.24) is 0 Å². The summed E-state index contributed by atoms with van der Waals surface area (Å²) in [6.07, 6.45) is 6.63. The Morgan fingerprint density at radius 2 is 2.33 bits per heavy atom. The fourth-order valence-electron chi connectivity index (χ4n) is 1.50. The van der Waals surface area contributed by atoms with Gasteiger partial charge in [-0.05, 0) is 6.42 Å². The first-order valence-corrected chi connectivity index (χ1v) is 7.91. The molecule has 1 rings (SSSR count). The molecular weight excluding hydrogens is 439 g/mol. The number of hydrogen-bond acceptors (Lipinski definition) is 1. The lowest BCUT2D eigenvalue weighted by molar-refractivity contribution is -0.140. The summed E-state index contributed by atoms with van der Waals surface area (Å²) >= 11 is 9.13. The number of carboxylic acid groups (broad SMARTS) is 1. The minimum Gasteiger partial charge on any atom is -0.481 e. The van der Waals surface area contributed by atoms with Crippen LogP contribution in [0.2, 0.25) is 0 Å². The Balaban J connectivity index is 2.94. The molecular formula is C10H11Br2IO2. The van der Waals surface area contributed by atoms with E-state index in [2.05, 4.69) is 54.5 Å². The van der Waals surface area contributed by atoms with Crippen molar-refractivity contribution in [3.05, 3.63) is 23.8 Å². The molecule has 0 saturated heterocycles. The Hall–Kier alpha value is 0.640. The maximum Gasteiger partial charge on any atom is 0.312 e. The number of carbonyl (C=O) groups is 1. The largest absolute Gasteiger partial charge is 0.481 e. The van der Waals surface area contributed by atoms with Crippen molar-refractivity contribution in [2.75, 3.05) is 9.76 Å². The molecule has 15 heavy (non-hydrogen) atoms. The van der Waals surface area contributed by atoms with Crippen molar-refractivity contribution in [3.8, 4) is 0 Å². The first kappa shape index (κ1) is 13.7. The predicted octanol–water partition coefficient (Wildman–Crippen LogP) is 3.54. The van der Waals surface area contributed by atoms with Crippen LogP contribution in [0.3, 0.4) is 0 Å². The lowest BCUT2D eigenvalue weighted by Gasteiger charge is -2.30. The molecule has 0 bridgehead atoms. The third-order valence-corrected chi connectivity index (χ3v) is 6.01. The molecule has 1 aliphatic rings. The van der Waals surface area contributed by atoms with Gasteiger partial charge in [0, 0.05) is 9.76 Å². The zero-order valence-corrected chi connectivity index (χ0v) is 13.2. The van der Waals surface area contributed by atoms with Crippen molar-refractivity contribution < 1.29 is 9.90 Å². The normalized spacial score (nSPS) is 30.1. The Kier molecular flexibility index (Phi) is 5.31. The third-order valence-electron chi connectivity index (χ3n) is 2.30. The molecule has 0 aromatic carbocycles. The summed E-state index contributed by atoms with van der Waals surface area (Å²) in [6, 6.07) is 0. The van der Waals surface area contributed by atoms with E-state index in [-0.39, 0.29) is 0 Å². The van der Waals surface area contributed by atoms with Crippen molar-refractivity contribution in [1.29, 1.82) is 0 Å². The van der Waals surface area contributed by atoms with Crippen LogP contribution in [0.4, 0.5) is 0 Å². The fraction of sp³-hybridized carbons (Fsp3) is 0.500. The SMILES string of the molecule is O=C(O)C1C=CC(CCBr)=CC1(Br)CI. The van der Waals surface area contributed by atoms with Crippen LogP contribution in [0.5, 0.6) is 0 Å². The fourth-order valence-corrected chi connectivity index (χ4v) is 3.29. The van der Waals surface area contributed by atoms with Gasteiger partial charge in [0.05, 0.1) is 10.2 Å². The Labute approximate surface area is 120 Å². The molecule has 0 aliphatic heterocycles. The van der Waals surface area contributed by atoms with Crippen LogP contribution in [-0.2, 0) is 4.79 Å². The molecule has 0 saturated carbocycles. The highest BCUT2D eigenvalue weighted by Gasteiger charge is 2.38. The van der Waals surface area contributed by atoms with Gasteiger partial charge in [0.25, 0.3) is 0 Å². The molecule has 0 amide bonds. The molecule has 2 nitrogen and oxygen atoms in total. The highest BCUT2D eigenvalue weighted by Crippen LogP contribution is 2.38. The molecule has 0 fully saturated rings. The van der Waals surface area contributed by atoms with Crippen LogP contribution < -0.4 is 0 Å². The van der Waals surface area contributed by atoms with Crippen LogP contribution in [0.1, 0.15) is 6.42 Å². The second-order valence-electron chi connectivity index (χ2n) is 3.39. The summed E-state index contributed by atoms with van der Waals surface area (Å²) < 4.78 is 0.295. The van der Waals surface area contributed by atoms with Crippen molar-refractivity contribution in [2.45, 2.75) is 10.7 Å². The molecule has 0 heterocycles. The van der Waals surface area contributed by atoms with Gasteiger partial charge in [-0.3, -0.25) is 4.79 Å². The van der Waals surface area contributed by atoms with E-state index < -0.39 is 16.2 Å². The summed E-state index contributed by atoms with van der Waals surface area (Å²) in [7, 11) is 0. The van der Waals surface area contributed by atoms with Crippen molar-refractivity contribution in [3.63, 3.8) is 0 Å². The molecule has 2 unspecified atom stereocenters. The van der Waals surface area contributed by atoms with Gasteiger partial charge in [0.1, 0.15) is 0 Å². The van der Waals surface area contributed by atoms with E-state index >= 15 is 0 Å². The average molecular weight is 450 g/mol. The Morgan fingerprint density at radius 3 is 2.80 bits per heavy atom. The van der Waals surface area contributed by atoms with E-state index in [4.69, 9.17) is 5.11 Å². The summed E-state index contributed by atoms with van der Waals surface area (Å²) in [5.74, 6) is -1.26. The van der Waals surface area contributed by atoms with Gasteiger partial charge in [0.15, 0.2) is 0 Å². The number of rotatable bonds is 4. The third kappa shape index (κ3) is 3.30. The molecule has 1 N–H and O–H groups in total. The highest BCUT2D eigenvalue weighted by molar-refractivity contribution is 14.1. The van der Waals surface area contributed by atoms with Crippen LogP contribution >= 0.6 is 54.5 Å². The van der Waals surface area contributed by atoms with Gasteiger partial charge in [-0.1, -0.05) is 78.3 Å². The number of hydrogen-bond donors (Lipinski definition) is 1. The summed E-state index contributed by atoms with van der Waals surface area (Å²) in [5, 5.41) is 9.99. The minimum absolute atomic E-state index is 0.439. The maximum absolute atomic E-state index is 11.1. The topological polar surface area (TPSA) is 37.3 Å². The second kappa shape index (κ2) is 5.82. The van der Waals surface area contributed by atoms with Gasteiger partial charge in [0.2, 0.25) is 0 Å². The summed E-state index contributed by atoms with van der Waals surface area (Å²) in [4.78, 5) is 11.1. The smallest absolute Gasteiger partial charge is 0.312 e. The molecule has 5 heteroatoms. The molecule has 0 spiro atoms. The lowest BCUT2D eigenvalue weighted by atomic mass is 9.86.